The van der Waals surface area contributed by atoms with Crippen LogP contribution in [0.3, 0.4) is 0 Å². The van der Waals surface area contributed by atoms with Crippen LogP contribution >= 0.6 is 0 Å². The Morgan fingerprint density at radius 3 is 1.39 bits per heavy atom. The van der Waals surface area contributed by atoms with Crippen LogP contribution in [0.1, 0.15) is 174 Å². The summed E-state index contributed by atoms with van der Waals surface area (Å²) in [5.74, 6) is 1.56. The molecule has 0 amide bonds. The van der Waals surface area contributed by atoms with Crippen LogP contribution in [0, 0.1) is 0 Å². The van der Waals surface area contributed by atoms with Gasteiger partial charge in [0.2, 0.25) is 0 Å². The van der Waals surface area contributed by atoms with E-state index in [1.807, 2.05) is 0 Å². The van der Waals surface area contributed by atoms with Gasteiger partial charge >= 0.3 is 0 Å². The summed E-state index contributed by atoms with van der Waals surface area (Å²) in [6.07, 6.45) is 35.8. The van der Waals surface area contributed by atoms with Gasteiger partial charge in [0.15, 0.2) is 0 Å². The van der Waals surface area contributed by atoms with Crippen molar-refractivity contribution in [2.24, 2.45) is 0 Å². The van der Waals surface area contributed by atoms with Gasteiger partial charge in [-0.3, -0.25) is 0 Å². The van der Waals surface area contributed by atoms with E-state index in [1.54, 1.807) is 5.82 Å². The molecule has 0 N–H and O–H groups in total. The summed E-state index contributed by atoms with van der Waals surface area (Å²) in [6.45, 7) is 10.5. The van der Waals surface area contributed by atoms with Crippen molar-refractivity contribution in [3.8, 4) is 0 Å². The minimum Gasteiger partial charge on any atom is -0.234 e. The summed E-state index contributed by atoms with van der Waals surface area (Å²) in [5.41, 5.74) is 0. The fraction of sp³-hybridized carbons (Fsp3) is 0.903. The zero-order chi connectivity index (χ0) is 24.0. The number of aryl methyl sites for hydroxylation is 1. The smallest absolute Gasteiger partial charge is 0.234 e. The molecule has 0 fully saturated rings. The highest BCUT2D eigenvalue weighted by Crippen LogP contribution is 2.15. The molecule has 0 aliphatic rings. The lowest BCUT2D eigenvalue weighted by molar-refractivity contribution is -0.704. The van der Waals surface area contributed by atoms with Crippen molar-refractivity contribution in [2.45, 2.75) is 182 Å². The van der Waals surface area contributed by atoms with Crippen LogP contribution in [0.2, 0.25) is 0 Å². The Labute approximate surface area is 208 Å². The van der Waals surface area contributed by atoms with Crippen molar-refractivity contribution < 1.29 is 4.57 Å². The summed E-state index contributed by atoms with van der Waals surface area (Å²) in [7, 11) is 0. The lowest BCUT2D eigenvalue weighted by atomic mass is 10.0. The van der Waals surface area contributed by atoms with Gasteiger partial charge in [0.05, 0.1) is 12.6 Å². The number of rotatable bonds is 24. The molecule has 33 heavy (non-hydrogen) atoms. The third-order valence-corrected chi connectivity index (χ3v) is 7.35. The quantitative estimate of drug-likeness (QED) is 0.107. The average molecular weight is 462 g/mol. The number of hydrogen-bond acceptors (Lipinski definition) is 0. The first-order valence-corrected chi connectivity index (χ1v) is 15.3. The molecule has 1 aromatic rings. The molecular formula is C31H61N2+. The van der Waals surface area contributed by atoms with Crippen LogP contribution in [0.25, 0.3) is 0 Å². The molecule has 1 heterocycles. The maximum absolute atomic E-state index is 2.56. The van der Waals surface area contributed by atoms with Gasteiger partial charge in [0, 0.05) is 6.42 Å². The predicted octanol–water partition coefficient (Wildman–Crippen LogP) is 10.1. The van der Waals surface area contributed by atoms with E-state index in [0.29, 0.717) is 6.04 Å². The van der Waals surface area contributed by atoms with E-state index in [1.165, 1.54) is 148 Å². The molecule has 0 aliphatic carbocycles. The van der Waals surface area contributed by atoms with Crippen molar-refractivity contribution in [1.82, 2.24) is 4.57 Å². The van der Waals surface area contributed by atoms with Crippen molar-refractivity contribution in [3.05, 3.63) is 18.2 Å². The molecule has 0 spiro atoms. The highest BCUT2D eigenvalue weighted by molar-refractivity contribution is 4.86. The first kappa shape index (κ1) is 30.2. The molecule has 0 bridgehead atoms. The number of unbranched alkanes of at least 4 members (excludes halogenated alkanes) is 19. The van der Waals surface area contributed by atoms with Gasteiger partial charge in [-0.15, -0.1) is 0 Å². The van der Waals surface area contributed by atoms with E-state index in [0.717, 1.165) is 0 Å². The van der Waals surface area contributed by atoms with Crippen molar-refractivity contribution in [3.63, 3.8) is 0 Å². The highest BCUT2D eigenvalue weighted by Gasteiger charge is 2.18. The Kier molecular flexibility index (Phi) is 19.9. The first-order valence-electron chi connectivity index (χ1n) is 15.3. The summed E-state index contributed by atoms with van der Waals surface area (Å²) >= 11 is 0. The maximum Gasteiger partial charge on any atom is 0.256 e. The summed E-state index contributed by atoms with van der Waals surface area (Å²) in [6, 6.07) is 0.572. The Balaban J connectivity index is 2.07. The Morgan fingerprint density at radius 2 is 0.970 bits per heavy atom. The first-order chi connectivity index (χ1) is 16.2. The molecule has 2 heteroatoms. The fourth-order valence-electron chi connectivity index (χ4n) is 5.14. The molecular weight excluding hydrogens is 400 g/mol. The summed E-state index contributed by atoms with van der Waals surface area (Å²) in [5, 5.41) is 0. The second kappa shape index (κ2) is 21.7. The Hall–Kier alpha value is -0.790. The van der Waals surface area contributed by atoms with E-state index >= 15 is 0 Å². The van der Waals surface area contributed by atoms with Gasteiger partial charge < -0.3 is 0 Å². The monoisotopic (exact) mass is 461 g/mol. The number of aromatic nitrogens is 2. The lowest BCUT2D eigenvalue weighted by Crippen LogP contribution is -2.37. The summed E-state index contributed by atoms with van der Waals surface area (Å²) in [4.78, 5) is 0. The standard InChI is InChI=1S/C31H61N2/c1-5-7-9-11-13-14-15-16-17-18-19-20-21-23-25-27-32-28-29-33(30(3)4)31(32)26-24-22-12-10-8-6-2/h28-30H,5-27H2,1-4H3/q+1. The van der Waals surface area contributed by atoms with Gasteiger partial charge in [0.25, 0.3) is 5.82 Å². The van der Waals surface area contributed by atoms with Crippen molar-refractivity contribution in [1.29, 1.82) is 0 Å². The van der Waals surface area contributed by atoms with Gasteiger partial charge in [-0.1, -0.05) is 129 Å². The van der Waals surface area contributed by atoms with Crippen LogP contribution in [-0.2, 0) is 13.0 Å². The molecule has 0 radical (unpaired) electrons. The summed E-state index contributed by atoms with van der Waals surface area (Å²) < 4.78 is 5.07. The van der Waals surface area contributed by atoms with Crippen LogP contribution in [0.4, 0.5) is 0 Å². The SMILES string of the molecule is CCCCCCCCCCCCCCCCC[n+]1ccn(C(C)C)c1CCCCCCCC. The third kappa shape index (κ3) is 15.7. The molecule has 0 saturated heterocycles. The molecule has 0 unspecified atom stereocenters. The molecule has 1 aromatic heterocycles. The minimum atomic E-state index is 0.572. The fourth-order valence-corrected chi connectivity index (χ4v) is 5.14. The van der Waals surface area contributed by atoms with E-state index < -0.39 is 0 Å². The second-order valence-corrected chi connectivity index (χ2v) is 10.9. The minimum absolute atomic E-state index is 0.572. The number of imidazole rings is 1. The largest absolute Gasteiger partial charge is 0.256 e. The predicted molar refractivity (Wildman–Crippen MR) is 147 cm³/mol. The maximum atomic E-state index is 2.56. The normalized spacial score (nSPS) is 11.7. The topological polar surface area (TPSA) is 8.81 Å². The van der Waals surface area contributed by atoms with Crippen LogP contribution in [0.5, 0.6) is 0 Å². The van der Waals surface area contributed by atoms with Crippen LogP contribution in [0.15, 0.2) is 12.4 Å². The lowest BCUT2D eigenvalue weighted by Gasteiger charge is -2.08. The molecule has 0 atom stereocenters. The van der Waals surface area contributed by atoms with Gasteiger partial charge in [-0.2, -0.15) is 0 Å². The highest BCUT2D eigenvalue weighted by atomic mass is 15.2. The van der Waals surface area contributed by atoms with E-state index in [-0.39, 0.29) is 0 Å². The Bertz CT molecular complexity index is 531. The number of hydrogen-bond donors (Lipinski definition) is 0. The molecule has 2 nitrogen and oxygen atoms in total. The van der Waals surface area contributed by atoms with Crippen LogP contribution < -0.4 is 4.57 Å². The number of nitrogens with zero attached hydrogens (tertiary/aromatic N) is 2. The molecule has 0 aromatic carbocycles. The van der Waals surface area contributed by atoms with Crippen molar-refractivity contribution in [2.75, 3.05) is 0 Å². The van der Waals surface area contributed by atoms with E-state index in [9.17, 15) is 0 Å². The van der Waals surface area contributed by atoms with E-state index in [2.05, 4.69) is 49.2 Å². The van der Waals surface area contributed by atoms with Crippen molar-refractivity contribution >= 4 is 0 Å². The van der Waals surface area contributed by atoms with E-state index in [4.69, 9.17) is 0 Å². The molecule has 1 rings (SSSR count). The van der Waals surface area contributed by atoms with Crippen LogP contribution in [-0.4, -0.2) is 4.57 Å². The Morgan fingerprint density at radius 1 is 0.576 bits per heavy atom. The molecule has 0 aliphatic heterocycles. The molecule has 0 saturated carbocycles. The third-order valence-electron chi connectivity index (χ3n) is 7.35. The van der Waals surface area contributed by atoms with Gasteiger partial charge in [-0.05, 0) is 33.1 Å². The van der Waals surface area contributed by atoms with Gasteiger partial charge in [-0.25, -0.2) is 9.13 Å². The zero-order valence-electron chi connectivity index (χ0n) is 23.4. The average Bonchev–Trinajstić information content (AvgIpc) is 3.21. The molecule has 194 valence electrons. The zero-order valence-corrected chi connectivity index (χ0v) is 23.4. The second-order valence-electron chi connectivity index (χ2n) is 10.9. The van der Waals surface area contributed by atoms with Gasteiger partial charge in [0.1, 0.15) is 12.4 Å².